The van der Waals surface area contributed by atoms with Crippen LogP contribution >= 0.6 is 0 Å². The van der Waals surface area contributed by atoms with E-state index >= 15 is 0 Å². The highest BCUT2D eigenvalue weighted by molar-refractivity contribution is 5.79. The van der Waals surface area contributed by atoms with Gasteiger partial charge in [-0.15, -0.1) is 0 Å². The van der Waals surface area contributed by atoms with Crippen LogP contribution in [-0.2, 0) is 4.79 Å². The average Bonchev–Trinajstić information content (AvgIpc) is 3.01. The maximum atomic E-state index is 12.0. The minimum Gasteiger partial charge on any atom is -0.493 e. The van der Waals surface area contributed by atoms with Crippen molar-refractivity contribution >= 4 is 5.91 Å². The lowest BCUT2D eigenvalue weighted by atomic mass is 10.00. The van der Waals surface area contributed by atoms with Crippen LogP contribution < -0.4 is 14.8 Å². The van der Waals surface area contributed by atoms with Crippen LogP contribution in [-0.4, -0.2) is 25.2 Å². The number of nitriles is 2. The summed E-state index contributed by atoms with van der Waals surface area (Å²) in [5.74, 6) is 0.437. The molecule has 1 fully saturated rings. The van der Waals surface area contributed by atoms with Crippen LogP contribution in [0, 0.1) is 22.7 Å². The zero-order chi connectivity index (χ0) is 16.0. The van der Waals surface area contributed by atoms with Crippen molar-refractivity contribution in [3.05, 3.63) is 23.8 Å². The van der Waals surface area contributed by atoms with Crippen LogP contribution in [0.1, 0.15) is 31.2 Å². The molecule has 114 valence electrons. The standard InChI is InChI=1S/C16H17N3O3/c1-21-14-8-12(9-17)4-5-13(14)22-10-15(20)19-16(11-18)6-2-3-7-16/h4-5,8H,2-3,6-7,10H2,1H3,(H,19,20). The molecule has 0 atom stereocenters. The number of amides is 1. The fourth-order valence-corrected chi connectivity index (χ4v) is 2.55. The molecule has 6 heteroatoms. The normalized spacial score (nSPS) is 15.4. The fourth-order valence-electron chi connectivity index (χ4n) is 2.55. The molecule has 0 unspecified atom stereocenters. The van der Waals surface area contributed by atoms with Gasteiger partial charge in [0.2, 0.25) is 0 Å². The fraction of sp³-hybridized carbons (Fsp3) is 0.438. The summed E-state index contributed by atoms with van der Waals surface area (Å²) in [5, 5.41) is 20.8. The monoisotopic (exact) mass is 299 g/mol. The van der Waals surface area contributed by atoms with E-state index in [1.54, 1.807) is 18.2 Å². The molecule has 0 radical (unpaired) electrons. The predicted molar refractivity (Wildman–Crippen MR) is 78.2 cm³/mol. The highest BCUT2D eigenvalue weighted by Crippen LogP contribution is 2.29. The van der Waals surface area contributed by atoms with Crippen LogP contribution in [0.5, 0.6) is 11.5 Å². The molecule has 0 heterocycles. The molecule has 0 spiro atoms. The summed E-state index contributed by atoms with van der Waals surface area (Å²) in [5.41, 5.74) is -0.308. The van der Waals surface area contributed by atoms with Gasteiger partial charge in [-0.1, -0.05) is 0 Å². The van der Waals surface area contributed by atoms with E-state index in [1.165, 1.54) is 7.11 Å². The highest BCUT2D eigenvalue weighted by Gasteiger charge is 2.35. The zero-order valence-corrected chi connectivity index (χ0v) is 12.4. The van der Waals surface area contributed by atoms with Crippen LogP contribution in [0.15, 0.2) is 18.2 Å². The van der Waals surface area contributed by atoms with Gasteiger partial charge in [0.05, 0.1) is 24.8 Å². The lowest BCUT2D eigenvalue weighted by molar-refractivity contribution is -0.124. The van der Waals surface area contributed by atoms with Gasteiger partial charge in [-0.25, -0.2) is 0 Å². The first-order valence-electron chi connectivity index (χ1n) is 7.06. The summed E-state index contributed by atoms with van der Waals surface area (Å²) in [6, 6.07) is 8.91. The van der Waals surface area contributed by atoms with Gasteiger partial charge in [-0.2, -0.15) is 10.5 Å². The van der Waals surface area contributed by atoms with E-state index in [4.69, 9.17) is 14.7 Å². The number of ether oxygens (including phenoxy) is 2. The van der Waals surface area contributed by atoms with Crippen LogP contribution in [0.25, 0.3) is 0 Å². The van der Waals surface area contributed by atoms with E-state index in [0.29, 0.717) is 29.9 Å². The number of benzene rings is 1. The number of carbonyl (C=O) groups excluding carboxylic acids is 1. The van der Waals surface area contributed by atoms with Crippen LogP contribution in [0.3, 0.4) is 0 Å². The Kier molecular flexibility index (Phi) is 4.85. The molecule has 1 aliphatic rings. The molecule has 1 aliphatic carbocycles. The quantitative estimate of drug-likeness (QED) is 0.896. The highest BCUT2D eigenvalue weighted by atomic mass is 16.5. The van der Waals surface area contributed by atoms with Gasteiger partial charge in [0, 0.05) is 6.07 Å². The first kappa shape index (κ1) is 15.7. The van der Waals surface area contributed by atoms with Gasteiger partial charge < -0.3 is 14.8 Å². The second-order valence-electron chi connectivity index (χ2n) is 5.22. The average molecular weight is 299 g/mol. The molecule has 1 N–H and O–H groups in total. The maximum Gasteiger partial charge on any atom is 0.259 e. The Balaban J connectivity index is 1.97. The number of nitrogens with one attached hydrogen (secondary N) is 1. The zero-order valence-electron chi connectivity index (χ0n) is 12.4. The van der Waals surface area contributed by atoms with E-state index < -0.39 is 5.54 Å². The van der Waals surface area contributed by atoms with Crippen molar-refractivity contribution in [1.82, 2.24) is 5.32 Å². The summed E-state index contributed by atoms with van der Waals surface area (Å²) in [6.45, 7) is -0.203. The van der Waals surface area contributed by atoms with Gasteiger partial charge in [0.15, 0.2) is 18.1 Å². The maximum absolute atomic E-state index is 12.0. The molecule has 0 aliphatic heterocycles. The molecule has 1 aromatic carbocycles. The smallest absolute Gasteiger partial charge is 0.259 e. The molecular formula is C16H17N3O3. The number of nitrogens with zero attached hydrogens (tertiary/aromatic N) is 2. The van der Waals surface area contributed by atoms with Gasteiger partial charge in [0.1, 0.15) is 5.54 Å². The Morgan fingerprint density at radius 3 is 2.64 bits per heavy atom. The van der Waals surface area contributed by atoms with Crippen molar-refractivity contribution < 1.29 is 14.3 Å². The van der Waals surface area contributed by atoms with Gasteiger partial charge in [-0.05, 0) is 37.8 Å². The number of rotatable bonds is 5. The minimum atomic E-state index is -0.755. The van der Waals surface area contributed by atoms with Crippen molar-refractivity contribution in [2.75, 3.05) is 13.7 Å². The Hall–Kier alpha value is -2.73. The third kappa shape index (κ3) is 3.48. The molecular weight excluding hydrogens is 282 g/mol. The van der Waals surface area contributed by atoms with E-state index in [0.717, 1.165) is 12.8 Å². The lowest BCUT2D eigenvalue weighted by Crippen LogP contribution is -2.47. The molecule has 6 nitrogen and oxygen atoms in total. The minimum absolute atomic E-state index is 0.203. The Morgan fingerprint density at radius 2 is 2.05 bits per heavy atom. The van der Waals surface area contributed by atoms with Crippen molar-refractivity contribution in [3.8, 4) is 23.6 Å². The summed E-state index contributed by atoms with van der Waals surface area (Å²) < 4.78 is 10.6. The summed E-state index contributed by atoms with van der Waals surface area (Å²) >= 11 is 0. The molecule has 0 bridgehead atoms. The number of carbonyl (C=O) groups is 1. The predicted octanol–water partition coefficient (Wildman–Crippen LogP) is 1.90. The Labute approximate surface area is 129 Å². The van der Waals surface area contributed by atoms with E-state index in [2.05, 4.69) is 11.4 Å². The first-order chi connectivity index (χ1) is 10.6. The number of methoxy groups -OCH3 is 1. The van der Waals surface area contributed by atoms with Gasteiger partial charge in [-0.3, -0.25) is 4.79 Å². The summed E-state index contributed by atoms with van der Waals surface area (Å²) in [7, 11) is 1.46. The topological polar surface area (TPSA) is 95.1 Å². The Bertz CT molecular complexity index is 637. The van der Waals surface area contributed by atoms with Gasteiger partial charge >= 0.3 is 0 Å². The summed E-state index contributed by atoms with van der Waals surface area (Å²) in [6.07, 6.45) is 3.24. The van der Waals surface area contributed by atoms with Gasteiger partial charge in [0.25, 0.3) is 5.91 Å². The largest absolute Gasteiger partial charge is 0.493 e. The molecule has 2 rings (SSSR count). The van der Waals surface area contributed by atoms with Crippen LogP contribution in [0.2, 0.25) is 0 Å². The molecule has 22 heavy (non-hydrogen) atoms. The van der Waals surface area contributed by atoms with E-state index in [-0.39, 0.29) is 12.5 Å². The second-order valence-corrected chi connectivity index (χ2v) is 5.22. The van der Waals surface area contributed by atoms with Crippen molar-refractivity contribution in [3.63, 3.8) is 0 Å². The summed E-state index contributed by atoms with van der Waals surface area (Å²) in [4.78, 5) is 12.0. The van der Waals surface area contributed by atoms with Crippen molar-refractivity contribution in [2.45, 2.75) is 31.2 Å². The molecule has 1 saturated carbocycles. The second kappa shape index (κ2) is 6.82. The van der Waals surface area contributed by atoms with Crippen LogP contribution in [0.4, 0.5) is 0 Å². The Morgan fingerprint density at radius 1 is 1.32 bits per heavy atom. The number of hydrogen-bond acceptors (Lipinski definition) is 5. The lowest BCUT2D eigenvalue weighted by Gasteiger charge is -2.22. The molecule has 0 aromatic heterocycles. The van der Waals surface area contributed by atoms with Crippen molar-refractivity contribution in [2.24, 2.45) is 0 Å². The van der Waals surface area contributed by atoms with E-state index in [1.807, 2.05) is 6.07 Å². The molecule has 1 amide bonds. The molecule has 0 saturated heterocycles. The van der Waals surface area contributed by atoms with Crippen molar-refractivity contribution in [1.29, 1.82) is 10.5 Å². The van der Waals surface area contributed by atoms with E-state index in [9.17, 15) is 10.1 Å². The third-order valence-corrected chi connectivity index (χ3v) is 3.70. The first-order valence-corrected chi connectivity index (χ1v) is 7.06. The SMILES string of the molecule is COc1cc(C#N)ccc1OCC(=O)NC1(C#N)CCCC1. The number of hydrogen-bond donors (Lipinski definition) is 1. The third-order valence-electron chi connectivity index (χ3n) is 3.70. The molecule has 1 aromatic rings.